The second-order valence-electron chi connectivity index (χ2n) is 4.89. The second kappa shape index (κ2) is 5.47. The van der Waals surface area contributed by atoms with Gasteiger partial charge in [0, 0.05) is 16.7 Å². The fourth-order valence-corrected chi connectivity index (χ4v) is 2.11. The van der Waals surface area contributed by atoms with Gasteiger partial charge in [-0.05, 0) is 13.0 Å². The molecule has 102 valence electrons. The fraction of sp³-hybridized carbons (Fsp3) is 0.235. The molecule has 0 spiro atoms. The van der Waals surface area contributed by atoms with Crippen LogP contribution >= 0.6 is 0 Å². The molecule has 1 fully saturated rings. The highest BCUT2D eigenvalue weighted by atomic mass is 16.6. The molecular weight excluding hydrogens is 252 g/mol. The van der Waals surface area contributed by atoms with Crippen molar-refractivity contribution < 1.29 is 14.3 Å². The Morgan fingerprint density at radius 3 is 2.65 bits per heavy atom. The van der Waals surface area contributed by atoms with Gasteiger partial charge in [0.25, 0.3) is 0 Å². The molecule has 1 unspecified atom stereocenters. The zero-order valence-electron chi connectivity index (χ0n) is 11.3. The second-order valence-corrected chi connectivity index (χ2v) is 4.89. The van der Waals surface area contributed by atoms with Crippen molar-refractivity contribution in [3.63, 3.8) is 0 Å². The van der Waals surface area contributed by atoms with E-state index in [0.717, 1.165) is 17.9 Å². The van der Waals surface area contributed by atoms with E-state index in [9.17, 15) is 4.79 Å². The van der Waals surface area contributed by atoms with E-state index in [-0.39, 0.29) is 11.9 Å². The largest absolute Gasteiger partial charge is 0.490 e. The minimum absolute atomic E-state index is 0.0243. The Morgan fingerprint density at radius 1 is 1.20 bits per heavy atom. The summed E-state index contributed by atoms with van der Waals surface area (Å²) in [6, 6.07) is 14.9. The minimum atomic E-state index is 0.0243. The molecule has 0 amide bonds. The average Bonchev–Trinajstić information content (AvgIpc) is 3.31. The number of rotatable bonds is 5. The van der Waals surface area contributed by atoms with Crippen LogP contribution in [0.1, 0.15) is 21.5 Å². The molecule has 0 bridgehead atoms. The van der Waals surface area contributed by atoms with E-state index in [2.05, 4.69) is 0 Å². The molecule has 1 heterocycles. The minimum Gasteiger partial charge on any atom is -0.490 e. The molecule has 20 heavy (non-hydrogen) atoms. The predicted octanol–water partition coefficient (Wildman–Crippen LogP) is 3.00. The lowest BCUT2D eigenvalue weighted by Crippen LogP contribution is -2.08. The van der Waals surface area contributed by atoms with Crippen molar-refractivity contribution in [2.24, 2.45) is 0 Å². The summed E-state index contributed by atoms with van der Waals surface area (Å²) in [4.78, 5) is 12.5. The lowest BCUT2D eigenvalue weighted by Gasteiger charge is -2.11. The van der Waals surface area contributed by atoms with Crippen molar-refractivity contribution in [2.45, 2.75) is 13.0 Å². The number of ketones is 1. The number of hydrogen-bond acceptors (Lipinski definition) is 3. The van der Waals surface area contributed by atoms with Crippen molar-refractivity contribution in [3.05, 3.63) is 65.2 Å². The molecule has 2 aromatic carbocycles. The molecule has 0 aliphatic carbocycles. The van der Waals surface area contributed by atoms with Crippen LogP contribution in [0.4, 0.5) is 0 Å². The van der Waals surface area contributed by atoms with Crippen LogP contribution in [-0.2, 0) is 4.74 Å². The predicted molar refractivity (Wildman–Crippen MR) is 76.3 cm³/mol. The summed E-state index contributed by atoms with van der Waals surface area (Å²) in [6.07, 6.45) is 0.211. The number of carbonyl (C=O) groups excluding carboxylic acids is 1. The van der Waals surface area contributed by atoms with Gasteiger partial charge < -0.3 is 9.47 Å². The summed E-state index contributed by atoms with van der Waals surface area (Å²) in [7, 11) is 0. The third kappa shape index (κ3) is 2.73. The molecule has 2 aromatic rings. The first-order chi connectivity index (χ1) is 9.75. The van der Waals surface area contributed by atoms with E-state index in [1.807, 2.05) is 55.5 Å². The summed E-state index contributed by atoms with van der Waals surface area (Å²) in [5.74, 6) is 0.776. The molecule has 1 aliphatic rings. The van der Waals surface area contributed by atoms with Crippen molar-refractivity contribution in [2.75, 3.05) is 13.2 Å². The molecule has 3 heteroatoms. The Balaban J connectivity index is 1.85. The molecule has 3 nitrogen and oxygen atoms in total. The van der Waals surface area contributed by atoms with Gasteiger partial charge in [-0.2, -0.15) is 0 Å². The van der Waals surface area contributed by atoms with E-state index in [1.165, 1.54) is 0 Å². The first-order valence-electron chi connectivity index (χ1n) is 6.69. The highest BCUT2D eigenvalue weighted by Gasteiger charge is 2.23. The van der Waals surface area contributed by atoms with Crippen molar-refractivity contribution in [1.29, 1.82) is 0 Å². The Kier molecular flexibility index (Phi) is 3.52. The zero-order valence-corrected chi connectivity index (χ0v) is 11.3. The first kappa shape index (κ1) is 12.9. The quantitative estimate of drug-likeness (QED) is 0.618. The van der Waals surface area contributed by atoms with Crippen molar-refractivity contribution in [1.82, 2.24) is 0 Å². The van der Waals surface area contributed by atoms with E-state index in [0.29, 0.717) is 17.7 Å². The number of epoxide rings is 1. The van der Waals surface area contributed by atoms with Crippen LogP contribution in [0.15, 0.2) is 48.5 Å². The fourth-order valence-electron chi connectivity index (χ4n) is 2.11. The molecule has 1 saturated heterocycles. The molecule has 1 atom stereocenters. The maximum absolute atomic E-state index is 12.5. The maximum atomic E-state index is 12.5. The smallest absolute Gasteiger partial charge is 0.193 e. The Morgan fingerprint density at radius 2 is 1.95 bits per heavy atom. The van der Waals surface area contributed by atoms with Gasteiger partial charge in [0.2, 0.25) is 0 Å². The highest BCUT2D eigenvalue weighted by Crippen LogP contribution is 2.24. The zero-order chi connectivity index (χ0) is 13.9. The average molecular weight is 268 g/mol. The normalized spacial score (nSPS) is 16.8. The maximum Gasteiger partial charge on any atom is 0.193 e. The van der Waals surface area contributed by atoms with Crippen LogP contribution in [-0.4, -0.2) is 25.1 Å². The Bertz CT molecular complexity index is 615. The lowest BCUT2D eigenvalue weighted by molar-refractivity contribution is 0.103. The molecule has 0 N–H and O–H groups in total. The van der Waals surface area contributed by atoms with Gasteiger partial charge in [0.05, 0.1) is 6.61 Å². The van der Waals surface area contributed by atoms with E-state index in [1.54, 1.807) is 0 Å². The molecule has 3 rings (SSSR count). The van der Waals surface area contributed by atoms with Crippen LogP contribution < -0.4 is 4.74 Å². The third-order valence-corrected chi connectivity index (χ3v) is 3.39. The monoisotopic (exact) mass is 268 g/mol. The standard InChI is InChI=1S/C17H16O3/c1-12-15(17(18)13-6-3-2-4-7-13)8-5-9-16(12)20-11-14-10-19-14/h2-9,14H,10-11H2,1H3. The number of ether oxygens (including phenoxy) is 2. The molecule has 1 aliphatic heterocycles. The van der Waals surface area contributed by atoms with Gasteiger partial charge in [-0.1, -0.05) is 42.5 Å². The van der Waals surface area contributed by atoms with Crippen LogP contribution in [0.5, 0.6) is 5.75 Å². The lowest BCUT2D eigenvalue weighted by atomic mass is 9.98. The number of carbonyl (C=O) groups is 1. The molecule has 0 saturated carbocycles. The highest BCUT2D eigenvalue weighted by molar-refractivity contribution is 6.10. The van der Waals surface area contributed by atoms with Gasteiger partial charge in [-0.15, -0.1) is 0 Å². The van der Waals surface area contributed by atoms with Crippen LogP contribution in [0.2, 0.25) is 0 Å². The summed E-state index contributed by atoms with van der Waals surface area (Å²) in [5, 5.41) is 0. The van der Waals surface area contributed by atoms with E-state index >= 15 is 0 Å². The number of hydrogen-bond donors (Lipinski definition) is 0. The topological polar surface area (TPSA) is 38.8 Å². The van der Waals surface area contributed by atoms with Crippen molar-refractivity contribution >= 4 is 5.78 Å². The third-order valence-electron chi connectivity index (χ3n) is 3.39. The van der Waals surface area contributed by atoms with Gasteiger partial charge in [-0.3, -0.25) is 4.79 Å². The molecule has 0 aromatic heterocycles. The van der Waals surface area contributed by atoms with Crippen LogP contribution in [0, 0.1) is 6.92 Å². The summed E-state index contributed by atoms with van der Waals surface area (Å²) in [5.41, 5.74) is 2.26. The van der Waals surface area contributed by atoms with Crippen LogP contribution in [0.25, 0.3) is 0 Å². The van der Waals surface area contributed by atoms with Crippen LogP contribution in [0.3, 0.4) is 0 Å². The SMILES string of the molecule is Cc1c(OCC2CO2)cccc1C(=O)c1ccccc1. The molecular formula is C17H16O3. The Labute approximate surface area is 118 Å². The van der Waals surface area contributed by atoms with Gasteiger partial charge >= 0.3 is 0 Å². The number of benzene rings is 2. The summed E-state index contributed by atoms with van der Waals surface area (Å²) < 4.78 is 10.8. The first-order valence-corrected chi connectivity index (χ1v) is 6.69. The van der Waals surface area contributed by atoms with Gasteiger partial charge in [0.1, 0.15) is 18.5 Å². The summed E-state index contributed by atoms with van der Waals surface area (Å²) >= 11 is 0. The van der Waals surface area contributed by atoms with E-state index < -0.39 is 0 Å². The van der Waals surface area contributed by atoms with Gasteiger partial charge in [-0.25, -0.2) is 0 Å². The Hall–Kier alpha value is -2.13. The van der Waals surface area contributed by atoms with E-state index in [4.69, 9.17) is 9.47 Å². The summed E-state index contributed by atoms with van der Waals surface area (Å²) in [6.45, 7) is 3.23. The van der Waals surface area contributed by atoms with Crippen molar-refractivity contribution in [3.8, 4) is 5.75 Å². The van der Waals surface area contributed by atoms with Gasteiger partial charge in [0.15, 0.2) is 5.78 Å². The molecule has 0 radical (unpaired) electrons.